The number of para-hydroxylation sites is 1. The Bertz CT molecular complexity index is 2310. The monoisotopic (exact) mass is 677 g/mol. The zero-order chi connectivity index (χ0) is 34.5. The van der Waals surface area contributed by atoms with Gasteiger partial charge < -0.3 is 19.3 Å². The van der Waals surface area contributed by atoms with Gasteiger partial charge in [0.25, 0.3) is 5.91 Å². The number of aromatic nitrogens is 1. The van der Waals surface area contributed by atoms with Crippen LogP contribution in [0.3, 0.4) is 0 Å². The van der Waals surface area contributed by atoms with Crippen LogP contribution in [0.1, 0.15) is 35.5 Å². The first-order valence-corrected chi connectivity index (χ1v) is 16.5. The fourth-order valence-corrected chi connectivity index (χ4v) is 6.65. The van der Waals surface area contributed by atoms with E-state index in [1.165, 1.54) is 63.4 Å². The van der Waals surface area contributed by atoms with E-state index in [-0.39, 0.29) is 57.0 Å². The highest BCUT2D eigenvalue weighted by atomic mass is 32.2. The first-order chi connectivity index (χ1) is 22.6. The van der Waals surface area contributed by atoms with Crippen LogP contribution in [-0.2, 0) is 16.4 Å². The maximum atomic E-state index is 15.2. The van der Waals surface area contributed by atoms with Gasteiger partial charge in [-0.1, -0.05) is 24.3 Å². The van der Waals surface area contributed by atoms with Gasteiger partial charge in [-0.05, 0) is 67.4 Å². The van der Waals surface area contributed by atoms with E-state index in [1.807, 2.05) is 0 Å². The minimum atomic E-state index is -4.09. The van der Waals surface area contributed by atoms with Gasteiger partial charge in [0.05, 0.1) is 36.7 Å². The van der Waals surface area contributed by atoms with E-state index in [9.17, 15) is 22.0 Å². The molecule has 0 atom stereocenters. The number of furan rings is 1. The van der Waals surface area contributed by atoms with Gasteiger partial charge in [0.15, 0.2) is 11.4 Å². The van der Waals surface area contributed by atoms with Crippen LogP contribution in [0.2, 0.25) is 0 Å². The molecule has 0 radical (unpaired) electrons. The molecule has 2 aromatic heterocycles. The molecule has 248 valence electrons. The summed E-state index contributed by atoms with van der Waals surface area (Å²) < 4.78 is 88.2. The van der Waals surface area contributed by atoms with E-state index in [1.54, 1.807) is 30.3 Å². The van der Waals surface area contributed by atoms with E-state index in [2.05, 4.69) is 4.98 Å². The Kier molecular flexibility index (Phi) is 8.20. The van der Waals surface area contributed by atoms with Gasteiger partial charge in [-0.15, -0.1) is 0 Å². The third-order valence-corrected chi connectivity index (χ3v) is 8.83. The smallest absolute Gasteiger partial charge is 0.252 e. The zero-order valence-electron chi connectivity index (χ0n) is 26.3. The molecule has 0 spiro atoms. The molecule has 6 aromatic rings. The first kappa shape index (κ1) is 32.6. The lowest BCUT2D eigenvalue weighted by atomic mass is 9.96. The van der Waals surface area contributed by atoms with Crippen molar-refractivity contribution >= 4 is 43.7 Å². The molecule has 1 amide bonds. The predicted octanol–water partition coefficient (Wildman–Crippen LogP) is 7.40. The molecule has 0 aliphatic heterocycles. The van der Waals surface area contributed by atoms with E-state index < -0.39 is 39.8 Å². The number of rotatable bonds is 10. The molecule has 4 aromatic carbocycles. The fraction of sp³-hybridized carbons (Fsp3) is 0.200. The molecular weight excluding hydrogens is 647 g/mol. The second kappa shape index (κ2) is 12.1. The van der Waals surface area contributed by atoms with Crippen molar-refractivity contribution in [1.29, 1.82) is 0 Å². The van der Waals surface area contributed by atoms with Crippen LogP contribution in [0.15, 0.2) is 81.6 Å². The number of sulfonamides is 1. The highest BCUT2D eigenvalue weighted by Gasteiger charge is 2.31. The Balaban J connectivity index is 1.62. The molecule has 0 aliphatic rings. The van der Waals surface area contributed by atoms with E-state index in [4.69, 9.17) is 19.3 Å². The number of nitrogens with two attached hydrogens (primary N) is 1. The number of benzene rings is 4. The number of hydrogen-bond acceptors (Lipinski definition) is 7. The molecule has 0 aliphatic carbocycles. The minimum absolute atomic E-state index is 0.00803. The molecule has 0 saturated heterocycles. The van der Waals surface area contributed by atoms with Crippen LogP contribution < -0.4 is 14.8 Å². The Morgan fingerprint density at radius 3 is 2.33 bits per heavy atom. The molecule has 0 fully saturated rings. The summed E-state index contributed by atoms with van der Waals surface area (Å²) in [6, 6.07) is 17.7. The van der Waals surface area contributed by atoms with Crippen molar-refractivity contribution in [3.8, 4) is 28.3 Å². The number of primary amides is 1. The maximum Gasteiger partial charge on any atom is 0.252 e. The van der Waals surface area contributed by atoms with Gasteiger partial charge in [-0.3, -0.25) is 9.10 Å². The van der Waals surface area contributed by atoms with E-state index >= 15 is 4.39 Å². The number of carbonyl (C=O) groups is 1. The second-order valence-corrected chi connectivity index (χ2v) is 13.8. The molecule has 48 heavy (non-hydrogen) atoms. The largest absolute Gasteiger partial charge is 0.496 e. The number of ether oxygens (including phenoxy) is 1. The van der Waals surface area contributed by atoms with Crippen LogP contribution in [0.25, 0.3) is 44.7 Å². The summed E-state index contributed by atoms with van der Waals surface area (Å²) in [5.41, 5.74) is 5.91. The van der Waals surface area contributed by atoms with Gasteiger partial charge in [0, 0.05) is 23.4 Å². The predicted molar refractivity (Wildman–Crippen MR) is 176 cm³/mol. The van der Waals surface area contributed by atoms with Gasteiger partial charge in [-0.2, -0.15) is 0 Å². The number of fused-ring (bicyclic) bond motifs is 2. The SMILES string of the molecule is COc1ccc(-c2cc3c(C(N)=O)c(Cc4ccc(F)cc4)oc3cc2N(CC(C)(C)F)S(C)(=O)=O)cc1-c1nc2c(F)cccc2o1. The lowest BCUT2D eigenvalue weighted by Crippen LogP contribution is -2.40. The van der Waals surface area contributed by atoms with E-state index in [0.717, 1.165) is 10.6 Å². The Morgan fingerprint density at radius 1 is 0.979 bits per heavy atom. The summed E-state index contributed by atoms with van der Waals surface area (Å²) in [7, 11) is -2.66. The van der Waals surface area contributed by atoms with Crippen LogP contribution in [0.5, 0.6) is 5.75 Å². The number of halogens is 3. The summed E-state index contributed by atoms with van der Waals surface area (Å²) in [4.78, 5) is 17.2. The number of nitrogens with zero attached hydrogens (tertiary/aromatic N) is 2. The summed E-state index contributed by atoms with van der Waals surface area (Å²) in [5.74, 6) is -1.30. The number of oxazole rings is 1. The van der Waals surface area contributed by atoms with Crippen LogP contribution in [-0.4, -0.2) is 44.9 Å². The second-order valence-electron chi connectivity index (χ2n) is 11.9. The third-order valence-electron chi connectivity index (χ3n) is 7.70. The summed E-state index contributed by atoms with van der Waals surface area (Å²) >= 11 is 0. The van der Waals surface area contributed by atoms with Gasteiger partial charge >= 0.3 is 0 Å². The number of alkyl halides is 1. The molecule has 9 nitrogen and oxygen atoms in total. The Labute approximate surface area is 273 Å². The lowest BCUT2D eigenvalue weighted by molar-refractivity contribution is 0.1000. The number of carbonyl (C=O) groups excluding carboxylic acids is 1. The molecule has 0 unspecified atom stereocenters. The summed E-state index contributed by atoms with van der Waals surface area (Å²) in [5, 5.41) is 0.271. The van der Waals surface area contributed by atoms with Gasteiger partial charge in [-0.25, -0.2) is 26.6 Å². The number of hydrogen-bond donors (Lipinski definition) is 1. The lowest BCUT2D eigenvalue weighted by Gasteiger charge is -2.29. The quantitative estimate of drug-likeness (QED) is 0.160. The molecule has 13 heteroatoms. The molecule has 0 bridgehead atoms. The van der Waals surface area contributed by atoms with Crippen molar-refractivity contribution in [2.75, 3.05) is 24.2 Å². The standard InChI is InChI=1S/C35H30F3N3O6S/c1-35(2,38)18-41(48(4,43)44)26-17-29-23(31(33(39)42)30(46-29)14-19-8-11-21(36)12-9-19)16-22(26)20-10-13-27(45-3)24(15-20)34-40-32-25(37)6-5-7-28(32)47-34/h5-13,15-17H,14,18H2,1-4H3,(H2,39,42). The first-order valence-electron chi connectivity index (χ1n) is 14.7. The highest BCUT2D eigenvalue weighted by Crippen LogP contribution is 2.43. The van der Waals surface area contributed by atoms with Crippen LogP contribution in [0, 0.1) is 11.6 Å². The van der Waals surface area contributed by atoms with Crippen molar-refractivity contribution < 1.29 is 40.0 Å². The van der Waals surface area contributed by atoms with E-state index in [0.29, 0.717) is 22.4 Å². The number of amides is 1. The molecule has 2 N–H and O–H groups in total. The molecular formula is C35H30F3N3O6S. The van der Waals surface area contributed by atoms with Crippen molar-refractivity contribution in [1.82, 2.24) is 4.98 Å². The summed E-state index contributed by atoms with van der Waals surface area (Å²) in [6.45, 7) is 1.95. The number of methoxy groups -OCH3 is 1. The Hall–Kier alpha value is -5.30. The average Bonchev–Trinajstić information content (AvgIpc) is 3.61. The molecule has 2 heterocycles. The number of anilines is 1. The summed E-state index contributed by atoms with van der Waals surface area (Å²) in [6.07, 6.45) is 1.03. The van der Waals surface area contributed by atoms with Crippen molar-refractivity contribution in [3.05, 3.63) is 101 Å². The maximum absolute atomic E-state index is 15.2. The van der Waals surface area contributed by atoms with Crippen molar-refractivity contribution in [3.63, 3.8) is 0 Å². The Morgan fingerprint density at radius 2 is 1.71 bits per heavy atom. The molecule has 0 saturated carbocycles. The van der Waals surface area contributed by atoms with Crippen molar-refractivity contribution in [2.45, 2.75) is 25.9 Å². The average molecular weight is 678 g/mol. The third kappa shape index (κ3) is 6.33. The molecule has 6 rings (SSSR count). The minimum Gasteiger partial charge on any atom is -0.496 e. The topological polar surface area (TPSA) is 129 Å². The van der Waals surface area contributed by atoms with Gasteiger partial charge in [0.1, 0.15) is 34.1 Å². The highest BCUT2D eigenvalue weighted by molar-refractivity contribution is 7.92. The van der Waals surface area contributed by atoms with Crippen LogP contribution in [0.4, 0.5) is 18.9 Å². The van der Waals surface area contributed by atoms with Crippen LogP contribution >= 0.6 is 0 Å². The van der Waals surface area contributed by atoms with Crippen molar-refractivity contribution in [2.24, 2.45) is 5.73 Å². The fourth-order valence-electron chi connectivity index (χ4n) is 5.60. The zero-order valence-corrected chi connectivity index (χ0v) is 27.1. The normalized spacial score (nSPS) is 12.1. The van der Waals surface area contributed by atoms with Gasteiger partial charge in [0.2, 0.25) is 15.9 Å².